The van der Waals surface area contributed by atoms with E-state index < -0.39 is 0 Å². The van der Waals surface area contributed by atoms with Crippen molar-refractivity contribution in [2.24, 2.45) is 0 Å². The minimum atomic E-state index is -0.374. The molecule has 2 heterocycles. The van der Waals surface area contributed by atoms with Gasteiger partial charge >= 0.3 is 0 Å². The predicted octanol–water partition coefficient (Wildman–Crippen LogP) is 2.74. The quantitative estimate of drug-likeness (QED) is 0.127. The van der Waals surface area contributed by atoms with E-state index >= 15 is 0 Å². The Morgan fingerprint density at radius 3 is 2.33 bits per heavy atom. The minimum absolute atomic E-state index is 0. The summed E-state index contributed by atoms with van der Waals surface area (Å²) in [5, 5.41) is 13.6. The summed E-state index contributed by atoms with van der Waals surface area (Å²) in [6, 6.07) is 13.1. The number of fused-ring (bicyclic) bond motifs is 4. The van der Waals surface area contributed by atoms with E-state index in [0.29, 0.717) is 22.8 Å². The topological polar surface area (TPSA) is 83.9 Å². The molecule has 0 spiro atoms. The smallest absolute Gasteiger partial charge is 0.276 e. The molecule has 0 atom stereocenters. The van der Waals surface area contributed by atoms with Crippen molar-refractivity contribution in [1.29, 1.82) is 0 Å². The summed E-state index contributed by atoms with van der Waals surface area (Å²) in [5.41, 5.74) is 6.16. The molecule has 1 aromatic heterocycles. The van der Waals surface area contributed by atoms with Crippen molar-refractivity contribution in [1.82, 2.24) is 0 Å². The largest absolute Gasteiger partial charge is 1.00 e. The van der Waals surface area contributed by atoms with Crippen LogP contribution in [0.2, 0.25) is 0 Å². The summed E-state index contributed by atoms with van der Waals surface area (Å²) in [7, 11) is 4.91. The van der Waals surface area contributed by atoms with Crippen LogP contribution in [0.4, 0.5) is 5.69 Å². The lowest BCUT2D eigenvalue weighted by Gasteiger charge is -2.22. The number of nitro groups is 1. The molecule has 8 nitrogen and oxygen atoms in total. The van der Waals surface area contributed by atoms with Gasteiger partial charge in [-0.05, 0) is 49.2 Å². The van der Waals surface area contributed by atoms with E-state index in [2.05, 4.69) is 35.9 Å². The number of ether oxygens (including phenoxy) is 4. The Morgan fingerprint density at radius 2 is 1.67 bits per heavy atom. The van der Waals surface area contributed by atoms with Crippen LogP contribution in [-0.4, -0.2) is 26.3 Å². The van der Waals surface area contributed by atoms with Crippen molar-refractivity contribution in [2.75, 3.05) is 21.3 Å². The van der Waals surface area contributed by atoms with Crippen molar-refractivity contribution < 1.29 is 52.4 Å². The first-order valence-electron chi connectivity index (χ1n) is 12.6. The van der Waals surface area contributed by atoms with Crippen LogP contribution in [0.15, 0.2) is 48.7 Å². The van der Waals surface area contributed by atoms with Crippen LogP contribution in [-0.2, 0) is 26.0 Å². The molecular formula is C30H31IN2O6. The molecule has 0 saturated carbocycles. The van der Waals surface area contributed by atoms with Gasteiger partial charge in [0.2, 0.25) is 5.69 Å². The Balaban J connectivity index is 0.00000353. The summed E-state index contributed by atoms with van der Waals surface area (Å²) in [4.78, 5) is 11.2. The van der Waals surface area contributed by atoms with E-state index in [1.165, 1.54) is 17.2 Å². The molecule has 1 aliphatic heterocycles. The highest BCUT2D eigenvalue weighted by Gasteiger charge is 2.31. The van der Waals surface area contributed by atoms with Crippen molar-refractivity contribution >= 4 is 16.5 Å². The third-order valence-corrected chi connectivity index (χ3v) is 7.21. The Morgan fingerprint density at radius 1 is 0.949 bits per heavy atom. The number of methoxy groups -OCH3 is 3. The summed E-state index contributed by atoms with van der Waals surface area (Å²) in [5.74, 6) is 2.58. The number of nitro benzene ring substituents is 1. The summed E-state index contributed by atoms with van der Waals surface area (Å²) in [6.07, 6.45) is 3.75. The number of pyridine rings is 1. The van der Waals surface area contributed by atoms with Gasteiger partial charge in [0.15, 0.2) is 35.7 Å². The van der Waals surface area contributed by atoms with Crippen LogP contribution in [0.25, 0.3) is 22.0 Å². The monoisotopic (exact) mass is 642 g/mol. The number of nitrogens with zero attached hydrogens (tertiary/aromatic N) is 2. The molecule has 0 amide bonds. The van der Waals surface area contributed by atoms with E-state index in [0.717, 1.165) is 52.7 Å². The Bertz CT molecular complexity index is 1570. The second kappa shape index (κ2) is 11.6. The van der Waals surface area contributed by atoms with E-state index in [4.69, 9.17) is 18.9 Å². The van der Waals surface area contributed by atoms with Gasteiger partial charge in [0.05, 0.1) is 42.8 Å². The van der Waals surface area contributed by atoms with Gasteiger partial charge in [0.25, 0.3) is 5.69 Å². The maximum atomic E-state index is 11.6. The van der Waals surface area contributed by atoms with E-state index in [1.54, 1.807) is 33.5 Å². The van der Waals surface area contributed by atoms with Crippen molar-refractivity contribution in [2.45, 2.75) is 39.8 Å². The van der Waals surface area contributed by atoms with Crippen LogP contribution < -0.4 is 47.5 Å². The number of rotatable bonds is 8. The molecule has 0 N–H and O–H groups in total. The van der Waals surface area contributed by atoms with Crippen molar-refractivity contribution in [3.8, 4) is 34.3 Å². The normalized spacial score (nSPS) is 11.7. The molecule has 0 radical (unpaired) electrons. The molecule has 9 heteroatoms. The molecule has 0 fully saturated rings. The van der Waals surface area contributed by atoms with Crippen LogP contribution in [0.1, 0.15) is 29.2 Å². The van der Waals surface area contributed by atoms with Crippen LogP contribution in [0.5, 0.6) is 23.0 Å². The second-order valence-corrected chi connectivity index (χ2v) is 9.35. The average Bonchev–Trinajstić information content (AvgIpc) is 2.93. The fourth-order valence-electron chi connectivity index (χ4n) is 5.40. The van der Waals surface area contributed by atoms with Crippen LogP contribution >= 0.6 is 0 Å². The lowest BCUT2D eigenvalue weighted by atomic mass is 9.90. The van der Waals surface area contributed by atoms with Crippen LogP contribution in [0.3, 0.4) is 0 Å². The standard InChI is InChI=1S/C30H31N2O6.HI/c1-6-21-22-8-10-26(35-3)30(38-17-20-13-18(2)7-9-25(20)32(33)34)24(22)16-31-12-11-19-14-27(36-4)28(37-5)15-23(19)29(21)31;/h7-10,13-16H,6,11-12,17H2,1-5H3;1H/q+1;/p-1. The molecule has 0 saturated heterocycles. The molecular weight excluding hydrogens is 611 g/mol. The van der Waals surface area contributed by atoms with E-state index in [9.17, 15) is 10.1 Å². The molecule has 204 valence electrons. The number of hydrogen-bond acceptors (Lipinski definition) is 6. The summed E-state index contributed by atoms with van der Waals surface area (Å²) in [6.45, 7) is 4.90. The van der Waals surface area contributed by atoms with Gasteiger partial charge in [-0.3, -0.25) is 10.1 Å². The van der Waals surface area contributed by atoms with Gasteiger partial charge in [-0.1, -0.05) is 18.6 Å². The van der Waals surface area contributed by atoms with Gasteiger partial charge in [-0.25, -0.2) is 0 Å². The highest BCUT2D eigenvalue weighted by Crippen LogP contribution is 2.43. The van der Waals surface area contributed by atoms with E-state index in [-0.39, 0.29) is 41.2 Å². The number of halogens is 1. The fraction of sp³-hybridized carbons (Fsp3) is 0.300. The van der Waals surface area contributed by atoms with Gasteiger partial charge in [-0.2, -0.15) is 4.57 Å². The third kappa shape index (κ3) is 5.07. The highest BCUT2D eigenvalue weighted by molar-refractivity contribution is 5.95. The first-order valence-corrected chi connectivity index (χ1v) is 12.6. The first-order chi connectivity index (χ1) is 18.4. The third-order valence-electron chi connectivity index (χ3n) is 7.21. The average molecular weight is 642 g/mol. The maximum absolute atomic E-state index is 11.6. The number of hydrogen-bond donors (Lipinski definition) is 0. The molecule has 39 heavy (non-hydrogen) atoms. The van der Waals surface area contributed by atoms with Gasteiger partial charge < -0.3 is 42.9 Å². The zero-order chi connectivity index (χ0) is 27.0. The minimum Gasteiger partial charge on any atom is -1.00 e. The molecule has 4 aromatic rings. The molecule has 1 aliphatic rings. The molecule has 5 rings (SSSR count). The number of aryl methyl sites for hydroxylation is 4. The zero-order valence-electron chi connectivity index (χ0n) is 22.7. The summed E-state index contributed by atoms with van der Waals surface area (Å²) >= 11 is 0. The lowest BCUT2D eigenvalue weighted by molar-refractivity contribution is -0.686. The Kier molecular flexibility index (Phi) is 8.48. The maximum Gasteiger partial charge on any atom is 0.276 e. The van der Waals surface area contributed by atoms with Crippen LogP contribution in [0, 0.1) is 17.0 Å². The second-order valence-electron chi connectivity index (χ2n) is 9.35. The first kappa shape index (κ1) is 28.4. The lowest BCUT2D eigenvalue weighted by Crippen LogP contribution is -3.00. The molecule has 3 aromatic carbocycles. The predicted molar refractivity (Wildman–Crippen MR) is 144 cm³/mol. The van der Waals surface area contributed by atoms with E-state index in [1.807, 2.05) is 13.0 Å². The van der Waals surface area contributed by atoms with Gasteiger partial charge in [0.1, 0.15) is 6.61 Å². The fourth-order valence-corrected chi connectivity index (χ4v) is 5.40. The molecule has 0 aliphatic carbocycles. The number of aromatic nitrogens is 1. The van der Waals surface area contributed by atoms with Gasteiger partial charge in [-0.15, -0.1) is 0 Å². The summed E-state index contributed by atoms with van der Waals surface area (Å²) < 4.78 is 25.4. The van der Waals surface area contributed by atoms with Crippen molar-refractivity contribution in [3.63, 3.8) is 0 Å². The van der Waals surface area contributed by atoms with Crippen molar-refractivity contribution in [3.05, 3.63) is 81.0 Å². The number of benzene rings is 3. The molecule has 0 bridgehead atoms. The Hall–Kier alpha value is -3.60. The zero-order valence-corrected chi connectivity index (χ0v) is 24.8. The Labute approximate surface area is 244 Å². The molecule has 0 unspecified atom stereocenters. The SMILES string of the molecule is CCc1c2[n+](cc3c(OCc4cc(C)ccc4[N+](=O)[O-])c(OC)ccc13)CCc1cc(OC)c(OC)cc1-2.[I-]. The highest BCUT2D eigenvalue weighted by atomic mass is 127. The van der Waals surface area contributed by atoms with Gasteiger partial charge in [0, 0.05) is 23.4 Å².